The fourth-order valence-corrected chi connectivity index (χ4v) is 8.62. The topological polar surface area (TPSA) is 226 Å². The number of benzene rings is 4. The van der Waals surface area contributed by atoms with Gasteiger partial charge in [-0.1, -0.05) is 74.5 Å². The Bertz CT molecular complexity index is 2300. The van der Waals surface area contributed by atoms with Gasteiger partial charge in [-0.2, -0.15) is 0 Å². The van der Waals surface area contributed by atoms with Gasteiger partial charge in [-0.05, 0) is 97.3 Å². The molecule has 2 aliphatic heterocycles. The maximum atomic E-state index is 13.7. The Kier molecular flexibility index (Phi) is 17.5. The van der Waals surface area contributed by atoms with Gasteiger partial charge in [0.15, 0.2) is 0 Å². The van der Waals surface area contributed by atoms with Crippen molar-refractivity contribution in [1.29, 1.82) is 0 Å². The van der Waals surface area contributed by atoms with Gasteiger partial charge in [-0.15, -0.1) is 0 Å². The monoisotopic (exact) mass is 906 g/mol. The van der Waals surface area contributed by atoms with E-state index < -0.39 is 57.9 Å². The highest BCUT2D eigenvalue weighted by Gasteiger charge is 2.39. The molecule has 1 saturated heterocycles. The first-order valence-corrected chi connectivity index (χ1v) is 21.5. The Morgan fingerprint density at radius 1 is 0.823 bits per heavy atom. The van der Waals surface area contributed by atoms with E-state index in [1.165, 1.54) is 12.1 Å². The SMILES string of the molecule is CC(C)C(N)C(=O)NC(Cc1ccccc1)C(=O)N[C@H](CCCCN)C(=O)Nc1ccc(C(=O)N2CCc3cc(S(=O)(=O)N4C[C@H](c5ccccc5)NC4=O)ccc32)cc1.[Cl-].[Cl-]. The van der Waals surface area contributed by atoms with Crippen molar-refractivity contribution in [2.24, 2.45) is 17.4 Å². The third-order valence-electron chi connectivity index (χ3n) is 10.8. The predicted octanol–water partition coefficient (Wildman–Crippen LogP) is -2.38. The Hall–Kier alpha value is -5.52. The lowest BCUT2D eigenvalue weighted by Crippen LogP contribution is -3.00. The average molecular weight is 908 g/mol. The molecule has 6 amide bonds. The predicted molar refractivity (Wildman–Crippen MR) is 228 cm³/mol. The van der Waals surface area contributed by atoms with Crippen LogP contribution in [0.15, 0.2) is 108 Å². The van der Waals surface area contributed by atoms with E-state index in [-0.39, 0.29) is 54.5 Å². The molecule has 2 aliphatic rings. The van der Waals surface area contributed by atoms with Crippen LogP contribution in [0.3, 0.4) is 0 Å². The summed E-state index contributed by atoms with van der Waals surface area (Å²) in [6, 6.07) is 25.2. The Labute approximate surface area is 374 Å². The molecule has 0 aliphatic carbocycles. The number of unbranched alkanes of at least 4 members (excludes halogenated alkanes) is 1. The highest BCUT2D eigenvalue weighted by atomic mass is 35.5. The molecule has 332 valence electrons. The second kappa shape index (κ2) is 22.0. The molecule has 2 heterocycles. The molecule has 62 heavy (non-hydrogen) atoms. The summed E-state index contributed by atoms with van der Waals surface area (Å²) in [4.78, 5) is 68.4. The highest BCUT2D eigenvalue weighted by molar-refractivity contribution is 7.89. The van der Waals surface area contributed by atoms with Gasteiger partial charge in [0.2, 0.25) is 17.7 Å². The van der Waals surface area contributed by atoms with Crippen LogP contribution in [0, 0.1) is 5.92 Å². The van der Waals surface area contributed by atoms with Crippen LogP contribution in [0.1, 0.15) is 66.2 Å². The summed E-state index contributed by atoms with van der Waals surface area (Å²) < 4.78 is 28.1. The van der Waals surface area contributed by atoms with Gasteiger partial charge in [-0.3, -0.25) is 19.2 Å². The van der Waals surface area contributed by atoms with Crippen molar-refractivity contribution in [3.8, 4) is 0 Å². The van der Waals surface area contributed by atoms with Gasteiger partial charge >= 0.3 is 6.03 Å². The number of amides is 6. The first-order valence-electron chi connectivity index (χ1n) is 20.1. The van der Waals surface area contributed by atoms with Crippen molar-refractivity contribution >= 4 is 51.1 Å². The molecule has 15 nitrogen and oxygen atoms in total. The molecule has 8 N–H and O–H groups in total. The van der Waals surface area contributed by atoms with E-state index in [9.17, 15) is 32.4 Å². The number of rotatable bonds is 17. The van der Waals surface area contributed by atoms with Crippen LogP contribution in [0.5, 0.6) is 0 Å². The fraction of sp³-hybridized carbons (Fsp3) is 0.341. The van der Waals surface area contributed by atoms with E-state index in [1.54, 1.807) is 35.2 Å². The van der Waals surface area contributed by atoms with Crippen LogP contribution in [-0.4, -0.2) is 80.1 Å². The van der Waals surface area contributed by atoms with E-state index in [1.807, 2.05) is 74.5 Å². The first kappa shape index (κ1) is 49.1. The van der Waals surface area contributed by atoms with E-state index >= 15 is 0 Å². The number of nitrogens with one attached hydrogen (secondary N) is 4. The summed E-state index contributed by atoms with van der Waals surface area (Å²) in [5.41, 5.74) is 15.4. The molecular formula is C44H52Cl2N8O7S-2. The molecule has 4 aromatic carbocycles. The Morgan fingerprint density at radius 2 is 1.47 bits per heavy atom. The number of hydrogen-bond donors (Lipinski definition) is 6. The lowest BCUT2D eigenvalue weighted by Gasteiger charge is -2.25. The second-order valence-electron chi connectivity index (χ2n) is 15.4. The third-order valence-corrected chi connectivity index (χ3v) is 12.5. The van der Waals surface area contributed by atoms with Crippen LogP contribution < -0.4 is 62.4 Å². The number of anilines is 2. The molecular weight excluding hydrogens is 856 g/mol. The molecule has 0 saturated carbocycles. The fourth-order valence-electron chi connectivity index (χ4n) is 7.22. The van der Waals surface area contributed by atoms with Crippen LogP contribution in [-0.2, 0) is 37.2 Å². The first-order chi connectivity index (χ1) is 28.8. The summed E-state index contributed by atoms with van der Waals surface area (Å²) in [7, 11) is -4.17. The summed E-state index contributed by atoms with van der Waals surface area (Å²) >= 11 is 0. The smallest absolute Gasteiger partial charge is 0.331 e. The molecule has 0 aromatic heterocycles. The highest BCUT2D eigenvalue weighted by Crippen LogP contribution is 2.34. The van der Waals surface area contributed by atoms with Gasteiger partial charge in [0.1, 0.15) is 12.1 Å². The van der Waals surface area contributed by atoms with Crippen LogP contribution >= 0.6 is 0 Å². The molecule has 1 fully saturated rings. The summed E-state index contributed by atoms with van der Waals surface area (Å²) in [5, 5.41) is 11.2. The molecule has 18 heteroatoms. The van der Waals surface area contributed by atoms with E-state index in [0.717, 1.165) is 15.4 Å². The molecule has 0 spiro atoms. The molecule has 4 aromatic rings. The maximum absolute atomic E-state index is 13.7. The molecule has 4 atom stereocenters. The number of nitrogens with zero attached hydrogens (tertiary/aromatic N) is 2. The normalized spacial score (nSPS) is 15.9. The number of nitrogens with two attached hydrogens (primary N) is 2. The zero-order chi connectivity index (χ0) is 43.0. The zero-order valence-electron chi connectivity index (χ0n) is 34.4. The summed E-state index contributed by atoms with van der Waals surface area (Å²) in [5.74, 6) is -1.97. The van der Waals surface area contributed by atoms with Crippen molar-refractivity contribution in [1.82, 2.24) is 20.3 Å². The number of sulfonamides is 1. The van der Waals surface area contributed by atoms with Gasteiger partial charge < -0.3 is 62.4 Å². The minimum absolute atomic E-state index is 0. The molecule has 0 bridgehead atoms. The van der Waals surface area contributed by atoms with E-state index in [2.05, 4.69) is 21.3 Å². The minimum Gasteiger partial charge on any atom is -1.00 e. The van der Waals surface area contributed by atoms with Gasteiger partial charge in [0.05, 0.1) is 23.5 Å². The largest absolute Gasteiger partial charge is 1.00 e. The Morgan fingerprint density at radius 3 is 2.11 bits per heavy atom. The van der Waals surface area contributed by atoms with Crippen LogP contribution in [0.2, 0.25) is 0 Å². The number of carbonyl (C=O) groups is 5. The maximum Gasteiger partial charge on any atom is 0.331 e. The molecule has 2 unspecified atom stereocenters. The van der Waals surface area contributed by atoms with Crippen molar-refractivity contribution in [2.75, 3.05) is 29.9 Å². The number of halogens is 2. The number of carbonyl (C=O) groups excluding carboxylic acids is 5. The zero-order valence-corrected chi connectivity index (χ0v) is 36.8. The molecule has 0 radical (unpaired) electrons. The van der Waals surface area contributed by atoms with Crippen LogP contribution in [0.4, 0.5) is 16.2 Å². The van der Waals surface area contributed by atoms with Crippen molar-refractivity contribution < 1.29 is 57.2 Å². The number of urea groups is 1. The molecule has 6 rings (SSSR count). The van der Waals surface area contributed by atoms with E-state index in [4.69, 9.17) is 11.5 Å². The van der Waals surface area contributed by atoms with E-state index in [0.29, 0.717) is 61.3 Å². The average Bonchev–Trinajstić information content (AvgIpc) is 3.87. The number of hydrogen-bond acceptors (Lipinski definition) is 9. The quantitative estimate of drug-likeness (QED) is 0.0622. The van der Waals surface area contributed by atoms with Gasteiger partial charge in [-0.25, -0.2) is 17.5 Å². The van der Waals surface area contributed by atoms with Crippen molar-refractivity contribution in [2.45, 2.75) is 75.0 Å². The van der Waals surface area contributed by atoms with Crippen molar-refractivity contribution in [3.05, 3.63) is 125 Å². The van der Waals surface area contributed by atoms with Gasteiger partial charge in [0, 0.05) is 29.9 Å². The van der Waals surface area contributed by atoms with Crippen molar-refractivity contribution in [3.63, 3.8) is 0 Å². The minimum atomic E-state index is -4.17. The standard InChI is InChI=1S/C44H52N8O7S.2ClH/c1-28(2)39(46)42(55)49-36(25-29-11-5-3-6-12-29)41(54)48-35(15-9-10-23-45)40(53)47-33-18-16-31(17-19-33)43(56)51-24-22-32-26-34(20-21-38(32)51)60(58,59)52-27-37(50-44(52)57)30-13-7-4-8-14-30;;/h3-8,11-14,16-21,26,28,35-37,39H,9-10,15,22-25,27,45-46H2,1-2H3,(H,47,53)(H,48,54)(H,49,55)(H,50,57);2*1H/p-2/t35-,36?,37-,39?;;/m1../s1. The Balaban J connectivity index is 0.00000422. The lowest BCUT2D eigenvalue weighted by atomic mass is 10.0. The van der Waals surface area contributed by atoms with Gasteiger partial charge in [0.25, 0.3) is 15.9 Å². The summed E-state index contributed by atoms with van der Waals surface area (Å²) in [6.45, 7) is 4.31. The lowest BCUT2D eigenvalue weighted by molar-refractivity contribution is -0.131. The summed E-state index contributed by atoms with van der Waals surface area (Å²) in [6.07, 6.45) is 2.08. The number of fused-ring (bicyclic) bond motifs is 1. The van der Waals surface area contributed by atoms with Crippen LogP contribution in [0.25, 0.3) is 0 Å². The third kappa shape index (κ3) is 11.7. The second-order valence-corrected chi connectivity index (χ2v) is 17.2.